The summed E-state index contributed by atoms with van der Waals surface area (Å²) in [6.07, 6.45) is 7.83. The Morgan fingerprint density at radius 1 is 1.21 bits per heavy atom. The Balaban J connectivity index is 1.40. The van der Waals surface area contributed by atoms with Gasteiger partial charge in [0.05, 0.1) is 6.42 Å². The second-order valence-electron chi connectivity index (χ2n) is 7.79. The zero-order chi connectivity index (χ0) is 19.1. The number of aromatic nitrogens is 1. The van der Waals surface area contributed by atoms with Gasteiger partial charge in [0.2, 0.25) is 5.91 Å². The highest BCUT2D eigenvalue weighted by atomic mass is 16.1. The van der Waals surface area contributed by atoms with Crippen LogP contribution in [-0.2, 0) is 30.7 Å². The van der Waals surface area contributed by atoms with Gasteiger partial charge in [-0.2, -0.15) is 0 Å². The van der Waals surface area contributed by atoms with Gasteiger partial charge in [0.1, 0.15) is 5.82 Å². The third-order valence-electron chi connectivity index (χ3n) is 5.78. The Labute approximate surface area is 165 Å². The van der Waals surface area contributed by atoms with E-state index in [0.717, 1.165) is 43.9 Å². The number of benzene rings is 1. The second-order valence-corrected chi connectivity index (χ2v) is 7.79. The maximum atomic E-state index is 11.7. The van der Waals surface area contributed by atoms with Crippen molar-refractivity contribution >= 4 is 11.6 Å². The zero-order valence-electron chi connectivity index (χ0n) is 16.1. The number of allylic oxidation sites excluding steroid dienone is 2. The summed E-state index contributed by atoms with van der Waals surface area (Å²) < 4.78 is 0. The molecule has 5 rings (SSSR count). The maximum absolute atomic E-state index is 11.7. The molecule has 3 aliphatic rings. The van der Waals surface area contributed by atoms with E-state index in [1.807, 2.05) is 18.3 Å². The fourth-order valence-electron chi connectivity index (χ4n) is 4.50. The van der Waals surface area contributed by atoms with Crippen LogP contribution in [0.3, 0.4) is 0 Å². The summed E-state index contributed by atoms with van der Waals surface area (Å²) in [6.45, 7) is 5.83. The van der Waals surface area contributed by atoms with Crippen LogP contribution in [0, 0.1) is 0 Å². The number of fused-ring (bicyclic) bond motifs is 2. The standard InChI is InChI=1S/C23H24N4O/c1-16-4-3-10-26(14-17-6-7-21-19(12-17)13-22(28)25-21)23(16)27-11-8-20-18(15-27)5-2-9-24-20/h2-7,9,12H,8,10-11,13-15H2,1H3,(H,25,28). The minimum Gasteiger partial charge on any atom is -0.353 e. The van der Waals surface area contributed by atoms with Crippen LogP contribution in [0.4, 0.5) is 5.69 Å². The molecule has 0 aliphatic carbocycles. The van der Waals surface area contributed by atoms with Crippen molar-refractivity contribution < 1.29 is 4.79 Å². The van der Waals surface area contributed by atoms with Crippen molar-refractivity contribution in [2.45, 2.75) is 32.9 Å². The number of hydrogen-bond donors (Lipinski definition) is 1. The van der Waals surface area contributed by atoms with E-state index in [4.69, 9.17) is 0 Å². The Hall–Kier alpha value is -3.08. The van der Waals surface area contributed by atoms with Gasteiger partial charge in [-0.15, -0.1) is 0 Å². The first-order chi connectivity index (χ1) is 13.7. The number of anilines is 1. The molecule has 0 bridgehead atoms. The Kier molecular flexibility index (Phi) is 4.15. The van der Waals surface area contributed by atoms with Crippen molar-refractivity contribution in [2.75, 3.05) is 18.4 Å². The van der Waals surface area contributed by atoms with E-state index in [1.165, 1.54) is 28.2 Å². The van der Waals surface area contributed by atoms with Gasteiger partial charge in [0, 0.05) is 50.2 Å². The van der Waals surface area contributed by atoms with Crippen LogP contribution in [0.25, 0.3) is 0 Å². The number of rotatable bonds is 3. The summed E-state index contributed by atoms with van der Waals surface area (Å²) in [5.74, 6) is 1.40. The number of carbonyl (C=O) groups is 1. The molecule has 5 nitrogen and oxygen atoms in total. The van der Waals surface area contributed by atoms with Gasteiger partial charge in [0.25, 0.3) is 0 Å². The molecule has 5 heteroatoms. The van der Waals surface area contributed by atoms with Crippen LogP contribution < -0.4 is 5.32 Å². The Bertz CT molecular complexity index is 1010. The fourth-order valence-corrected chi connectivity index (χ4v) is 4.50. The minimum absolute atomic E-state index is 0.0880. The smallest absolute Gasteiger partial charge is 0.228 e. The van der Waals surface area contributed by atoms with Gasteiger partial charge in [-0.1, -0.05) is 30.4 Å². The lowest BCUT2D eigenvalue weighted by atomic mass is 10.0. The molecule has 142 valence electrons. The summed E-state index contributed by atoms with van der Waals surface area (Å²) in [5, 5.41) is 2.92. The molecule has 0 atom stereocenters. The molecule has 0 unspecified atom stereocenters. The molecule has 0 saturated heterocycles. The van der Waals surface area contributed by atoms with E-state index in [1.54, 1.807) is 0 Å². The topological polar surface area (TPSA) is 48.5 Å². The van der Waals surface area contributed by atoms with E-state index in [9.17, 15) is 4.79 Å². The maximum Gasteiger partial charge on any atom is 0.228 e. The molecule has 0 fully saturated rings. The van der Waals surface area contributed by atoms with Crippen LogP contribution in [0.5, 0.6) is 0 Å². The lowest BCUT2D eigenvalue weighted by molar-refractivity contribution is -0.115. The number of hydrogen-bond acceptors (Lipinski definition) is 4. The van der Waals surface area contributed by atoms with Gasteiger partial charge in [0.15, 0.2) is 0 Å². The fraction of sp³-hybridized carbons (Fsp3) is 0.304. The van der Waals surface area contributed by atoms with Gasteiger partial charge in [-0.3, -0.25) is 9.78 Å². The molecule has 1 aromatic heterocycles. The normalized spacial score (nSPS) is 18.2. The number of nitrogens with one attached hydrogen (secondary N) is 1. The first kappa shape index (κ1) is 17.0. The molecule has 0 spiro atoms. The van der Waals surface area contributed by atoms with Gasteiger partial charge >= 0.3 is 0 Å². The van der Waals surface area contributed by atoms with E-state index < -0.39 is 0 Å². The molecule has 1 N–H and O–H groups in total. The van der Waals surface area contributed by atoms with Crippen molar-refractivity contribution in [3.05, 3.63) is 82.5 Å². The average molecular weight is 372 g/mol. The minimum atomic E-state index is 0.0880. The molecule has 28 heavy (non-hydrogen) atoms. The van der Waals surface area contributed by atoms with E-state index >= 15 is 0 Å². The average Bonchev–Trinajstić information content (AvgIpc) is 3.07. The number of pyridine rings is 1. The highest BCUT2D eigenvalue weighted by Gasteiger charge is 2.25. The highest BCUT2D eigenvalue weighted by molar-refractivity contribution is 5.99. The molecule has 3 aliphatic heterocycles. The van der Waals surface area contributed by atoms with E-state index in [2.05, 4.69) is 57.4 Å². The van der Waals surface area contributed by atoms with E-state index in [-0.39, 0.29) is 5.91 Å². The molecule has 0 radical (unpaired) electrons. The quantitative estimate of drug-likeness (QED) is 0.899. The first-order valence-corrected chi connectivity index (χ1v) is 9.89. The number of nitrogens with zero attached hydrogens (tertiary/aromatic N) is 3. The third-order valence-corrected chi connectivity index (χ3v) is 5.78. The van der Waals surface area contributed by atoms with Gasteiger partial charge in [-0.05, 0) is 41.3 Å². The highest BCUT2D eigenvalue weighted by Crippen LogP contribution is 2.29. The van der Waals surface area contributed by atoms with Crippen molar-refractivity contribution in [2.24, 2.45) is 0 Å². The predicted molar refractivity (Wildman–Crippen MR) is 109 cm³/mol. The van der Waals surface area contributed by atoms with E-state index in [0.29, 0.717) is 6.42 Å². The predicted octanol–water partition coefficient (Wildman–Crippen LogP) is 3.24. The summed E-state index contributed by atoms with van der Waals surface area (Å²) in [6, 6.07) is 10.6. The lowest BCUT2D eigenvalue weighted by Crippen LogP contribution is -2.40. The third kappa shape index (κ3) is 3.07. The first-order valence-electron chi connectivity index (χ1n) is 9.89. The summed E-state index contributed by atoms with van der Waals surface area (Å²) in [7, 11) is 0. The summed E-state index contributed by atoms with van der Waals surface area (Å²) >= 11 is 0. The number of amides is 1. The molecular weight excluding hydrogens is 348 g/mol. The molecule has 2 aromatic rings. The molecule has 1 amide bonds. The molecular formula is C23H24N4O. The van der Waals surface area contributed by atoms with Crippen LogP contribution >= 0.6 is 0 Å². The SMILES string of the molecule is CC1=C(N2CCc3ncccc3C2)N(Cc2ccc3c(c2)CC(=O)N3)CC=C1. The molecule has 0 saturated carbocycles. The van der Waals surface area contributed by atoms with Crippen molar-refractivity contribution in [1.82, 2.24) is 14.8 Å². The second kappa shape index (κ2) is 6.82. The van der Waals surface area contributed by atoms with Crippen LogP contribution in [0.15, 0.2) is 60.1 Å². The van der Waals surface area contributed by atoms with Gasteiger partial charge in [-0.25, -0.2) is 0 Å². The van der Waals surface area contributed by atoms with Crippen molar-refractivity contribution in [3.8, 4) is 0 Å². The van der Waals surface area contributed by atoms with Crippen molar-refractivity contribution in [1.29, 1.82) is 0 Å². The Morgan fingerprint density at radius 3 is 3.07 bits per heavy atom. The number of carbonyl (C=O) groups excluding carboxylic acids is 1. The summed E-state index contributed by atoms with van der Waals surface area (Å²) in [4.78, 5) is 21.1. The van der Waals surface area contributed by atoms with Crippen molar-refractivity contribution in [3.63, 3.8) is 0 Å². The monoisotopic (exact) mass is 372 g/mol. The van der Waals surface area contributed by atoms with Crippen LogP contribution in [-0.4, -0.2) is 33.8 Å². The van der Waals surface area contributed by atoms with Crippen LogP contribution in [0.2, 0.25) is 0 Å². The zero-order valence-corrected chi connectivity index (χ0v) is 16.1. The molecule has 4 heterocycles. The molecule has 1 aromatic carbocycles. The summed E-state index contributed by atoms with van der Waals surface area (Å²) in [5.41, 5.74) is 7.16. The Morgan fingerprint density at radius 2 is 2.14 bits per heavy atom. The lowest BCUT2D eigenvalue weighted by Gasteiger charge is -2.40. The van der Waals surface area contributed by atoms with Gasteiger partial charge < -0.3 is 15.1 Å². The van der Waals surface area contributed by atoms with Crippen LogP contribution in [0.1, 0.15) is 29.3 Å². The largest absolute Gasteiger partial charge is 0.353 e.